The minimum Gasteiger partial charge on any atom is -0.342 e. The quantitative estimate of drug-likeness (QED) is 0.859. The van der Waals surface area contributed by atoms with Crippen LogP contribution >= 0.6 is 0 Å². The summed E-state index contributed by atoms with van der Waals surface area (Å²) >= 11 is 0. The molecule has 1 aliphatic heterocycles. The van der Waals surface area contributed by atoms with E-state index in [2.05, 4.69) is 19.2 Å². The summed E-state index contributed by atoms with van der Waals surface area (Å²) in [5, 5.41) is 2.88. The van der Waals surface area contributed by atoms with Crippen molar-refractivity contribution < 1.29 is 9.59 Å². The summed E-state index contributed by atoms with van der Waals surface area (Å²) in [6, 6.07) is -0.0342. The molecule has 2 unspecified atom stereocenters. The minimum atomic E-state index is -0.315. The van der Waals surface area contributed by atoms with Crippen LogP contribution in [0.25, 0.3) is 0 Å². The predicted molar refractivity (Wildman–Crippen MR) is 79.1 cm³/mol. The van der Waals surface area contributed by atoms with Gasteiger partial charge in [-0.2, -0.15) is 0 Å². The zero-order chi connectivity index (χ0) is 14.7. The number of amides is 2. The SMILES string of the molecule is CCC1CCC(N2CC(=O)NC(C(C)CC)C2=O)CC1. The molecule has 1 N–H and O–H groups in total. The number of carbonyl (C=O) groups excluding carboxylic acids is 2. The first kappa shape index (κ1) is 15.3. The zero-order valence-electron chi connectivity index (χ0n) is 13.0. The summed E-state index contributed by atoms with van der Waals surface area (Å²) in [6.07, 6.45) is 6.65. The standard InChI is InChI=1S/C16H28N2O2/c1-4-11(3)15-16(20)18(10-14(19)17-15)13-8-6-12(5-2)7-9-13/h11-13,15H,4-10H2,1-3H3,(H,17,19). The molecule has 0 aromatic rings. The Balaban J connectivity index is 2.03. The summed E-state index contributed by atoms with van der Waals surface area (Å²) < 4.78 is 0. The van der Waals surface area contributed by atoms with E-state index in [9.17, 15) is 9.59 Å². The van der Waals surface area contributed by atoms with E-state index in [1.807, 2.05) is 11.8 Å². The topological polar surface area (TPSA) is 49.4 Å². The van der Waals surface area contributed by atoms with Gasteiger partial charge >= 0.3 is 0 Å². The number of nitrogens with one attached hydrogen (secondary N) is 1. The highest BCUT2D eigenvalue weighted by molar-refractivity contribution is 5.95. The van der Waals surface area contributed by atoms with Crippen LogP contribution in [0.3, 0.4) is 0 Å². The molecule has 0 spiro atoms. The Labute approximate surface area is 122 Å². The Kier molecular flexibility index (Phi) is 5.06. The van der Waals surface area contributed by atoms with Gasteiger partial charge in [0.2, 0.25) is 11.8 Å². The van der Waals surface area contributed by atoms with Crippen LogP contribution in [-0.2, 0) is 9.59 Å². The van der Waals surface area contributed by atoms with Crippen molar-refractivity contribution in [2.75, 3.05) is 6.54 Å². The van der Waals surface area contributed by atoms with Gasteiger partial charge in [-0.1, -0.05) is 33.6 Å². The smallest absolute Gasteiger partial charge is 0.246 e. The molecule has 1 saturated carbocycles. The molecule has 1 aliphatic carbocycles. The highest BCUT2D eigenvalue weighted by Crippen LogP contribution is 2.30. The van der Waals surface area contributed by atoms with Crippen LogP contribution in [0.4, 0.5) is 0 Å². The third-order valence-electron chi connectivity index (χ3n) is 5.23. The van der Waals surface area contributed by atoms with Gasteiger partial charge in [-0.25, -0.2) is 0 Å². The Morgan fingerprint density at radius 2 is 1.85 bits per heavy atom. The van der Waals surface area contributed by atoms with Crippen LogP contribution in [0.2, 0.25) is 0 Å². The van der Waals surface area contributed by atoms with Crippen LogP contribution in [0, 0.1) is 11.8 Å². The van der Waals surface area contributed by atoms with Gasteiger partial charge in [-0.05, 0) is 37.5 Å². The van der Waals surface area contributed by atoms with Gasteiger partial charge in [0.25, 0.3) is 0 Å². The van der Waals surface area contributed by atoms with Gasteiger partial charge < -0.3 is 10.2 Å². The molecular formula is C16H28N2O2. The molecule has 4 heteroatoms. The predicted octanol–water partition coefficient (Wildman–Crippen LogP) is 2.33. The van der Waals surface area contributed by atoms with Gasteiger partial charge in [-0.3, -0.25) is 9.59 Å². The maximum absolute atomic E-state index is 12.6. The number of rotatable bonds is 4. The van der Waals surface area contributed by atoms with Crippen LogP contribution in [0.5, 0.6) is 0 Å². The molecule has 2 aliphatic rings. The summed E-state index contributed by atoms with van der Waals surface area (Å²) in [6.45, 7) is 6.60. The lowest BCUT2D eigenvalue weighted by Gasteiger charge is -2.42. The van der Waals surface area contributed by atoms with Crippen LogP contribution in [0.1, 0.15) is 59.3 Å². The zero-order valence-corrected chi connectivity index (χ0v) is 13.0. The van der Waals surface area contributed by atoms with Gasteiger partial charge in [0.05, 0.1) is 6.54 Å². The molecule has 1 heterocycles. The minimum absolute atomic E-state index is 0.00696. The Morgan fingerprint density at radius 1 is 1.20 bits per heavy atom. The van der Waals surface area contributed by atoms with E-state index in [1.165, 1.54) is 19.3 Å². The number of carbonyl (C=O) groups is 2. The van der Waals surface area contributed by atoms with Crippen molar-refractivity contribution >= 4 is 11.8 Å². The number of piperazine rings is 1. The number of nitrogens with zero attached hydrogens (tertiary/aromatic N) is 1. The monoisotopic (exact) mass is 280 g/mol. The maximum atomic E-state index is 12.6. The Morgan fingerprint density at radius 3 is 2.40 bits per heavy atom. The van der Waals surface area contributed by atoms with E-state index in [0.29, 0.717) is 0 Å². The Hall–Kier alpha value is -1.06. The second-order valence-corrected chi connectivity index (χ2v) is 6.48. The molecule has 2 atom stereocenters. The first-order valence-corrected chi connectivity index (χ1v) is 8.16. The van der Waals surface area contributed by atoms with E-state index in [0.717, 1.165) is 25.2 Å². The van der Waals surface area contributed by atoms with Crippen molar-refractivity contribution in [2.45, 2.75) is 71.4 Å². The van der Waals surface area contributed by atoms with Gasteiger partial charge in [-0.15, -0.1) is 0 Å². The molecule has 0 radical (unpaired) electrons. The first-order chi connectivity index (χ1) is 9.56. The molecule has 2 amide bonds. The van der Waals surface area contributed by atoms with Gasteiger partial charge in [0.1, 0.15) is 6.04 Å². The van der Waals surface area contributed by atoms with Crippen molar-refractivity contribution in [2.24, 2.45) is 11.8 Å². The summed E-state index contributed by atoms with van der Waals surface area (Å²) in [7, 11) is 0. The van der Waals surface area contributed by atoms with Gasteiger partial charge in [0, 0.05) is 6.04 Å². The fourth-order valence-corrected chi connectivity index (χ4v) is 3.49. The lowest BCUT2D eigenvalue weighted by atomic mass is 9.83. The molecule has 114 valence electrons. The molecule has 20 heavy (non-hydrogen) atoms. The van der Waals surface area contributed by atoms with Crippen molar-refractivity contribution in [3.8, 4) is 0 Å². The molecule has 2 fully saturated rings. The largest absolute Gasteiger partial charge is 0.342 e. The van der Waals surface area contributed by atoms with Crippen LogP contribution < -0.4 is 5.32 Å². The van der Waals surface area contributed by atoms with E-state index in [4.69, 9.17) is 0 Å². The van der Waals surface area contributed by atoms with Crippen molar-refractivity contribution in [1.82, 2.24) is 10.2 Å². The lowest BCUT2D eigenvalue weighted by molar-refractivity contribution is -0.149. The summed E-state index contributed by atoms with van der Waals surface area (Å²) in [5.41, 5.74) is 0. The van der Waals surface area contributed by atoms with Crippen molar-refractivity contribution in [3.63, 3.8) is 0 Å². The number of hydrogen-bond donors (Lipinski definition) is 1. The van der Waals surface area contributed by atoms with Gasteiger partial charge in [0.15, 0.2) is 0 Å². The Bertz CT molecular complexity index is 361. The third-order valence-corrected chi connectivity index (χ3v) is 5.23. The van der Waals surface area contributed by atoms with Crippen molar-refractivity contribution in [3.05, 3.63) is 0 Å². The summed E-state index contributed by atoms with van der Waals surface area (Å²) in [5.74, 6) is 1.16. The maximum Gasteiger partial charge on any atom is 0.246 e. The third kappa shape index (κ3) is 3.15. The average molecular weight is 280 g/mol. The van der Waals surface area contributed by atoms with E-state index < -0.39 is 0 Å². The van der Waals surface area contributed by atoms with Crippen molar-refractivity contribution in [1.29, 1.82) is 0 Å². The average Bonchev–Trinajstić information content (AvgIpc) is 2.48. The number of hydrogen-bond acceptors (Lipinski definition) is 2. The second-order valence-electron chi connectivity index (χ2n) is 6.48. The molecule has 2 rings (SSSR count). The fraction of sp³-hybridized carbons (Fsp3) is 0.875. The normalized spacial score (nSPS) is 33.0. The molecular weight excluding hydrogens is 252 g/mol. The fourth-order valence-electron chi connectivity index (χ4n) is 3.49. The van der Waals surface area contributed by atoms with E-state index in [-0.39, 0.29) is 36.4 Å². The van der Waals surface area contributed by atoms with E-state index >= 15 is 0 Å². The molecule has 0 bridgehead atoms. The molecule has 4 nitrogen and oxygen atoms in total. The van der Waals surface area contributed by atoms with Crippen LogP contribution in [0.15, 0.2) is 0 Å². The first-order valence-electron chi connectivity index (χ1n) is 8.16. The van der Waals surface area contributed by atoms with Crippen LogP contribution in [-0.4, -0.2) is 35.3 Å². The highest BCUT2D eigenvalue weighted by atomic mass is 16.2. The summed E-state index contributed by atoms with van der Waals surface area (Å²) in [4.78, 5) is 26.4. The molecule has 1 saturated heterocycles. The molecule has 0 aromatic heterocycles. The highest BCUT2D eigenvalue weighted by Gasteiger charge is 2.39. The lowest BCUT2D eigenvalue weighted by Crippen LogP contribution is -2.62. The second kappa shape index (κ2) is 6.59. The molecule has 0 aromatic carbocycles. The van der Waals surface area contributed by atoms with E-state index in [1.54, 1.807) is 0 Å².